The Morgan fingerprint density at radius 1 is 1.07 bits per heavy atom. The van der Waals surface area contributed by atoms with Gasteiger partial charge in [0.05, 0.1) is 16.9 Å². The van der Waals surface area contributed by atoms with Crippen molar-refractivity contribution in [2.45, 2.75) is 39.0 Å². The van der Waals surface area contributed by atoms with Crippen molar-refractivity contribution in [3.63, 3.8) is 0 Å². The fourth-order valence-corrected chi connectivity index (χ4v) is 4.55. The molecule has 0 radical (unpaired) electrons. The molecule has 1 aliphatic rings. The molecule has 0 atom stereocenters. The molecule has 1 N–H and O–H groups in total. The Kier molecular flexibility index (Phi) is 8.48. The van der Waals surface area contributed by atoms with Gasteiger partial charge in [-0.3, -0.25) is 9.59 Å². The maximum Gasteiger partial charge on any atom is 0.387 e. The van der Waals surface area contributed by atoms with Crippen molar-refractivity contribution in [3.8, 4) is 5.75 Å². The normalized spacial score (nSPS) is 13.3. The van der Waals surface area contributed by atoms with Crippen LogP contribution in [0.5, 0.6) is 5.75 Å². The van der Waals surface area contributed by atoms with Gasteiger partial charge in [0, 0.05) is 11.0 Å². The van der Waals surface area contributed by atoms with Gasteiger partial charge in [0.15, 0.2) is 11.6 Å². The van der Waals surface area contributed by atoms with Crippen LogP contribution in [-0.4, -0.2) is 25.0 Å². The van der Waals surface area contributed by atoms with Crippen LogP contribution >= 0.6 is 15.9 Å². The predicted molar refractivity (Wildman–Crippen MR) is 140 cm³/mol. The van der Waals surface area contributed by atoms with E-state index in [4.69, 9.17) is 0 Å². The number of nitrogens with zero attached hydrogens (tertiary/aromatic N) is 1. The molecule has 12 heteroatoms. The minimum atomic E-state index is -3.32. The van der Waals surface area contributed by atoms with E-state index in [1.54, 1.807) is 0 Å². The number of alkyl halides is 3. The number of amides is 2. The van der Waals surface area contributed by atoms with Crippen LogP contribution in [0.4, 0.5) is 37.7 Å². The first-order chi connectivity index (χ1) is 18.8. The summed E-state index contributed by atoms with van der Waals surface area (Å²) in [4.78, 5) is 27.3. The van der Waals surface area contributed by atoms with Gasteiger partial charge in [-0.25, -0.2) is 17.6 Å². The predicted octanol–water partition coefficient (Wildman–Crippen LogP) is 7.98. The van der Waals surface area contributed by atoms with Crippen LogP contribution in [0, 0.1) is 23.4 Å². The monoisotopic (exact) mass is 628 g/mol. The average Bonchev–Trinajstić information content (AvgIpc) is 3.68. The van der Waals surface area contributed by atoms with Crippen molar-refractivity contribution in [2.75, 3.05) is 16.8 Å². The van der Waals surface area contributed by atoms with Crippen LogP contribution in [0.2, 0.25) is 0 Å². The molecule has 4 rings (SSSR count). The summed E-state index contributed by atoms with van der Waals surface area (Å²) < 4.78 is 89.8. The third kappa shape index (κ3) is 6.43. The van der Waals surface area contributed by atoms with Gasteiger partial charge in [0.2, 0.25) is 0 Å². The summed E-state index contributed by atoms with van der Waals surface area (Å²) in [6, 6.07) is 8.65. The Morgan fingerprint density at radius 3 is 2.27 bits per heavy atom. The number of halogens is 7. The van der Waals surface area contributed by atoms with E-state index in [-0.39, 0.29) is 28.2 Å². The largest absolute Gasteiger partial charge is 0.433 e. The van der Waals surface area contributed by atoms with Crippen LogP contribution in [0.25, 0.3) is 0 Å². The molecule has 5 nitrogen and oxygen atoms in total. The second kappa shape index (κ2) is 11.5. The number of hydrogen-bond donors (Lipinski definition) is 1. The molecule has 3 aromatic carbocycles. The zero-order valence-corrected chi connectivity index (χ0v) is 22.8. The number of benzene rings is 3. The summed E-state index contributed by atoms with van der Waals surface area (Å²) in [6.45, 7) is -0.974. The van der Waals surface area contributed by atoms with Crippen molar-refractivity contribution >= 4 is 39.1 Å². The number of carbonyl (C=O) groups excluding carboxylic acids is 2. The lowest BCUT2D eigenvalue weighted by molar-refractivity contribution is -0.0495. The lowest BCUT2D eigenvalue weighted by Crippen LogP contribution is -2.35. The molecular weight excluding hydrogens is 606 g/mol. The van der Waals surface area contributed by atoms with E-state index in [1.807, 2.05) is 0 Å². The van der Waals surface area contributed by atoms with Gasteiger partial charge in [-0.2, -0.15) is 8.78 Å². The molecule has 2 amide bonds. The summed E-state index contributed by atoms with van der Waals surface area (Å²) in [5.41, 5.74) is -4.15. The molecule has 0 aromatic heterocycles. The number of carbonyl (C=O) groups is 2. The summed E-state index contributed by atoms with van der Waals surface area (Å²) >= 11 is 3.11. The van der Waals surface area contributed by atoms with E-state index in [0.29, 0.717) is 0 Å². The molecule has 212 valence electrons. The number of rotatable bonds is 9. The molecule has 0 aliphatic heterocycles. The smallest absolute Gasteiger partial charge is 0.387 e. The molecule has 40 heavy (non-hydrogen) atoms. The highest BCUT2D eigenvalue weighted by Gasteiger charge is 2.33. The van der Waals surface area contributed by atoms with E-state index in [1.165, 1.54) is 32.0 Å². The van der Waals surface area contributed by atoms with Gasteiger partial charge in [-0.1, -0.05) is 12.1 Å². The summed E-state index contributed by atoms with van der Waals surface area (Å²) in [7, 11) is 0. The van der Waals surface area contributed by atoms with Crippen LogP contribution < -0.4 is 15.0 Å². The third-order valence-corrected chi connectivity index (χ3v) is 6.89. The minimum Gasteiger partial charge on any atom is -0.433 e. The van der Waals surface area contributed by atoms with E-state index < -0.39 is 64.1 Å². The molecule has 1 aliphatic carbocycles. The van der Waals surface area contributed by atoms with Crippen molar-refractivity contribution in [2.24, 2.45) is 5.92 Å². The second-order valence-corrected chi connectivity index (χ2v) is 10.6. The maximum absolute atomic E-state index is 15.8. The van der Waals surface area contributed by atoms with Crippen LogP contribution in [0.3, 0.4) is 0 Å². The number of nitrogens with one attached hydrogen (secondary N) is 1. The first kappa shape index (κ1) is 29.4. The molecule has 0 unspecified atom stereocenters. The second-order valence-electron chi connectivity index (χ2n) is 9.73. The van der Waals surface area contributed by atoms with E-state index in [9.17, 15) is 31.5 Å². The van der Waals surface area contributed by atoms with Gasteiger partial charge in [-0.05, 0) is 90.5 Å². The zero-order valence-electron chi connectivity index (χ0n) is 21.2. The van der Waals surface area contributed by atoms with Crippen molar-refractivity contribution in [3.05, 3.63) is 87.1 Å². The highest BCUT2D eigenvalue weighted by Crippen LogP contribution is 2.40. The number of hydrogen-bond acceptors (Lipinski definition) is 3. The number of anilines is 2. The van der Waals surface area contributed by atoms with Crippen LogP contribution in [0.1, 0.15) is 53.0 Å². The van der Waals surface area contributed by atoms with E-state index in [2.05, 4.69) is 26.0 Å². The van der Waals surface area contributed by atoms with Gasteiger partial charge in [0.25, 0.3) is 11.8 Å². The molecular formula is C28H23BrF6N2O3. The van der Waals surface area contributed by atoms with Gasteiger partial charge in [0.1, 0.15) is 22.9 Å². The zero-order chi connectivity index (χ0) is 29.4. The fraction of sp³-hybridized carbons (Fsp3) is 0.286. The SMILES string of the molecule is CC(C)(F)c1cc(Br)c(NC(=O)c2cccc(N(CC3CC3)C(=O)c3c(F)cccc3F)c2F)c(OC(F)F)c1. The first-order valence-corrected chi connectivity index (χ1v) is 12.9. The Labute approximate surface area is 234 Å². The number of ether oxygens (including phenoxy) is 1. The molecule has 0 spiro atoms. The minimum absolute atomic E-state index is 0.0168. The molecule has 3 aromatic rings. The lowest BCUT2D eigenvalue weighted by atomic mass is 9.99. The van der Waals surface area contributed by atoms with Gasteiger partial charge >= 0.3 is 6.61 Å². The Hall–Kier alpha value is -3.54. The molecule has 0 heterocycles. The van der Waals surface area contributed by atoms with Gasteiger partial charge < -0.3 is 15.0 Å². The van der Waals surface area contributed by atoms with Crippen molar-refractivity contribution < 1.29 is 40.7 Å². The Balaban J connectivity index is 1.72. The summed E-state index contributed by atoms with van der Waals surface area (Å²) in [5, 5.41) is 2.29. The quantitative estimate of drug-likeness (QED) is 0.244. The van der Waals surface area contributed by atoms with E-state index >= 15 is 4.39 Å². The first-order valence-electron chi connectivity index (χ1n) is 12.1. The van der Waals surface area contributed by atoms with E-state index in [0.717, 1.165) is 48.1 Å². The van der Waals surface area contributed by atoms with Crippen molar-refractivity contribution in [1.82, 2.24) is 0 Å². The van der Waals surface area contributed by atoms with Crippen LogP contribution in [-0.2, 0) is 5.67 Å². The average molecular weight is 629 g/mol. The standard InChI is InChI=1S/C28H23BrF6N2O3/c1-28(2,35)15-11-17(29)24(21(12-15)40-27(33)34)36-25(38)16-5-3-8-20(23(16)32)37(13-14-9-10-14)26(39)22-18(30)6-4-7-19(22)31/h3-8,11-12,14,27H,9-10,13H2,1-2H3,(H,36,38). The molecule has 1 saturated carbocycles. The highest BCUT2D eigenvalue weighted by atomic mass is 79.9. The molecule has 0 bridgehead atoms. The Bertz CT molecular complexity index is 1440. The highest BCUT2D eigenvalue weighted by molar-refractivity contribution is 9.10. The third-order valence-electron chi connectivity index (χ3n) is 6.27. The maximum atomic E-state index is 15.8. The fourth-order valence-electron chi connectivity index (χ4n) is 4.01. The lowest BCUT2D eigenvalue weighted by Gasteiger charge is -2.25. The summed E-state index contributed by atoms with van der Waals surface area (Å²) in [5.74, 6) is -6.27. The molecule has 0 saturated heterocycles. The topological polar surface area (TPSA) is 58.6 Å². The van der Waals surface area contributed by atoms with Gasteiger partial charge in [-0.15, -0.1) is 0 Å². The molecule has 1 fully saturated rings. The van der Waals surface area contributed by atoms with Crippen LogP contribution in [0.15, 0.2) is 53.0 Å². The Morgan fingerprint density at radius 2 is 1.70 bits per heavy atom. The summed E-state index contributed by atoms with van der Waals surface area (Å²) in [6.07, 6.45) is 1.44. The van der Waals surface area contributed by atoms with Crippen molar-refractivity contribution in [1.29, 1.82) is 0 Å².